The zero-order chi connectivity index (χ0) is 19.3. The second-order valence-electron chi connectivity index (χ2n) is 7.98. The molecule has 3 rings (SSSR count). The quantitative estimate of drug-likeness (QED) is 0.343. The molecular formula is C24H29NOSi. The molecule has 0 aromatic heterocycles. The van der Waals surface area contributed by atoms with Crippen molar-refractivity contribution in [1.82, 2.24) is 0 Å². The minimum atomic E-state index is -1.80. The molecule has 0 saturated carbocycles. The lowest BCUT2D eigenvalue weighted by Gasteiger charge is -2.37. The van der Waals surface area contributed by atoms with Crippen LogP contribution in [-0.4, -0.2) is 8.32 Å². The van der Waals surface area contributed by atoms with Gasteiger partial charge in [0.1, 0.15) is 0 Å². The van der Waals surface area contributed by atoms with Gasteiger partial charge in [-0.1, -0.05) is 78.4 Å². The maximum absolute atomic E-state index is 6.62. The lowest BCUT2D eigenvalue weighted by Crippen LogP contribution is -2.40. The maximum Gasteiger partial charge on any atom is 0.220 e. The second-order valence-corrected chi connectivity index (χ2v) is 12.4. The number of nitrogens with zero attached hydrogens (tertiary/aromatic N) is 1. The van der Waals surface area contributed by atoms with Crippen LogP contribution in [0, 0.1) is 6.92 Å². The Morgan fingerprint density at radius 3 is 1.89 bits per heavy atom. The molecule has 0 heterocycles. The summed E-state index contributed by atoms with van der Waals surface area (Å²) < 4.78 is 6.62. The molecule has 3 aromatic carbocycles. The molecule has 0 amide bonds. The fourth-order valence-corrected chi connectivity index (χ4v) is 3.95. The van der Waals surface area contributed by atoms with Crippen molar-refractivity contribution >= 4 is 14.0 Å². The van der Waals surface area contributed by atoms with Crippen LogP contribution in [0.2, 0.25) is 19.6 Å². The highest BCUT2D eigenvalue weighted by Crippen LogP contribution is 2.32. The van der Waals surface area contributed by atoms with Crippen LogP contribution in [0.4, 0.5) is 5.69 Å². The average Bonchev–Trinajstić information content (AvgIpc) is 2.66. The predicted molar refractivity (Wildman–Crippen MR) is 117 cm³/mol. The maximum atomic E-state index is 6.62. The van der Waals surface area contributed by atoms with Crippen LogP contribution >= 0.6 is 0 Å². The van der Waals surface area contributed by atoms with Crippen LogP contribution in [0.5, 0.6) is 0 Å². The Kier molecular flexibility index (Phi) is 6.14. The van der Waals surface area contributed by atoms with E-state index >= 15 is 0 Å². The zero-order valence-electron chi connectivity index (χ0n) is 16.7. The summed E-state index contributed by atoms with van der Waals surface area (Å²) in [6, 6.07) is 30.1. The van der Waals surface area contributed by atoms with Gasteiger partial charge in [-0.3, -0.25) is 5.06 Å². The molecule has 27 heavy (non-hydrogen) atoms. The van der Waals surface area contributed by atoms with Gasteiger partial charge < -0.3 is 4.53 Å². The summed E-state index contributed by atoms with van der Waals surface area (Å²) in [4.78, 5) is 0. The van der Waals surface area contributed by atoms with Gasteiger partial charge in [0.25, 0.3) is 0 Å². The first kappa shape index (κ1) is 19.4. The minimum absolute atomic E-state index is 0.113. The Morgan fingerprint density at radius 2 is 1.33 bits per heavy atom. The molecule has 0 aliphatic carbocycles. The summed E-state index contributed by atoms with van der Waals surface area (Å²) in [6.45, 7) is 8.83. The molecule has 1 unspecified atom stereocenters. The first-order chi connectivity index (χ1) is 12.9. The van der Waals surface area contributed by atoms with Gasteiger partial charge in [0.2, 0.25) is 8.32 Å². The molecule has 3 heteroatoms. The van der Waals surface area contributed by atoms with Crippen LogP contribution in [0.25, 0.3) is 0 Å². The molecule has 0 aliphatic rings. The Hall–Kier alpha value is -2.36. The number of hydroxylamine groups is 1. The third kappa shape index (κ3) is 5.55. The number of benzene rings is 3. The molecule has 0 fully saturated rings. The van der Waals surface area contributed by atoms with E-state index in [2.05, 4.69) is 110 Å². The number of hydrogen-bond acceptors (Lipinski definition) is 2. The third-order valence-corrected chi connectivity index (χ3v) is 5.14. The Balaban J connectivity index is 2.04. The van der Waals surface area contributed by atoms with Crippen molar-refractivity contribution in [2.75, 3.05) is 5.06 Å². The van der Waals surface area contributed by atoms with Crippen molar-refractivity contribution in [2.45, 2.75) is 39.0 Å². The van der Waals surface area contributed by atoms with Gasteiger partial charge in [-0.2, -0.15) is 0 Å². The molecule has 0 bridgehead atoms. The SMILES string of the molecule is Cc1ccc(C(Cc2ccccc2)N(O[Si](C)(C)C)c2ccccc2)cc1. The van der Waals surface area contributed by atoms with Crippen molar-refractivity contribution in [3.8, 4) is 0 Å². The van der Waals surface area contributed by atoms with Crippen LogP contribution < -0.4 is 5.06 Å². The second kappa shape index (κ2) is 8.55. The van der Waals surface area contributed by atoms with Crippen LogP contribution in [0.1, 0.15) is 22.7 Å². The smallest absolute Gasteiger partial charge is 0.220 e. The number of anilines is 1. The standard InChI is InChI=1S/C24H29NOSi/c1-20-15-17-22(18-16-20)24(19-21-11-7-5-8-12-21)25(26-27(2,3)4)23-13-9-6-10-14-23/h5-18,24H,19H2,1-4H3. The summed E-state index contributed by atoms with van der Waals surface area (Å²) in [6.07, 6.45) is 0.892. The normalized spacial score (nSPS) is 12.6. The first-order valence-electron chi connectivity index (χ1n) is 9.56. The van der Waals surface area contributed by atoms with Crippen molar-refractivity contribution in [3.05, 3.63) is 102 Å². The highest BCUT2D eigenvalue weighted by Gasteiger charge is 2.28. The first-order valence-corrected chi connectivity index (χ1v) is 13.0. The molecule has 0 aliphatic heterocycles. The lowest BCUT2D eigenvalue weighted by molar-refractivity contribution is 0.233. The van der Waals surface area contributed by atoms with E-state index in [9.17, 15) is 0 Å². The molecule has 3 aromatic rings. The summed E-state index contributed by atoms with van der Waals surface area (Å²) in [5.41, 5.74) is 4.95. The van der Waals surface area contributed by atoms with E-state index in [1.165, 1.54) is 16.7 Å². The highest BCUT2D eigenvalue weighted by atomic mass is 28.4. The zero-order valence-corrected chi connectivity index (χ0v) is 17.7. The number of para-hydroxylation sites is 1. The highest BCUT2D eigenvalue weighted by molar-refractivity contribution is 6.69. The van der Waals surface area contributed by atoms with Crippen molar-refractivity contribution in [2.24, 2.45) is 0 Å². The molecule has 0 N–H and O–H groups in total. The topological polar surface area (TPSA) is 12.5 Å². The molecule has 0 saturated heterocycles. The lowest BCUT2D eigenvalue weighted by atomic mass is 9.97. The van der Waals surface area contributed by atoms with Gasteiger partial charge in [0, 0.05) is 0 Å². The van der Waals surface area contributed by atoms with E-state index < -0.39 is 8.32 Å². The summed E-state index contributed by atoms with van der Waals surface area (Å²) in [5, 5.41) is 2.14. The Bertz CT molecular complexity index is 826. The van der Waals surface area contributed by atoms with E-state index in [-0.39, 0.29) is 6.04 Å². The minimum Gasteiger partial charge on any atom is -0.320 e. The van der Waals surface area contributed by atoms with E-state index in [1.54, 1.807) is 0 Å². The van der Waals surface area contributed by atoms with Gasteiger partial charge in [0.05, 0.1) is 11.7 Å². The van der Waals surface area contributed by atoms with Crippen molar-refractivity contribution in [3.63, 3.8) is 0 Å². The van der Waals surface area contributed by atoms with Crippen molar-refractivity contribution in [1.29, 1.82) is 0 Å². The predicted octanol–water partition coefficient (Wildman–Crippen LogP) is 6.55. The van der Waals surface area contributed by atoms with Crippen LogP contribution in [0.3, 0.4) is 0 Å². The van der Waals surface area contributed by atoms with E-state index in [0.717, 1.165) is 12.1 Å². The van der Waals surface area contributed by atoms with E-state index in [4.69, 9.17) is 4.53 Å². The molecule has 2 nitrogen and oxygen atoms in total. The van der Waals surface area contributed by atoms with Crippen LogP contribution in [-0.2, 0) is 10.9 Å². The van der Waals surface area contributed by atoms with E-state index in [0.29, 0.717) is 0 Å². The Labute approximate surface area is 164 Å². The number of rotatable bonds is 7. The van der Waals surface area contributed by atoms with Crippen molar-refractivity contribution < 1.29 is 4.53 Å². The van der Waals surface area contributed by atoms with Gasteiger partial charge >= 0.3 is 0 Å². The summed E-state index contributed by atoms with van der Waals surface area (Å²) in [7, 11) is -1.80. The number of aryl methyl sites for hydroxylation is 1. The molecule has 140 valence electrons. The van der Waals surface area contributed by atoms with Gasteiger partial charge in [-0.15, -0.1) is 0 Å². The summed E-state index contributed by atoms with van der Waals surface area (Å²) >= 11 is 0. The molecule has 0 spiro atoms. The number of hydrogen-bond donors (Lipinski definition) is 0. The largest absolute Gasteiger partial charge is 0.320 e. The average molecular weight is 376 g/mol. The van der Waals surface area contributed by atoms with Gasteiger partial charge in [0.15, 0.2) is 0 Å². The molecular weight excluding hydrogens is 346 g/mol. The fourth-order valence-electron chi connectivity index (χ4n) is 3.13. The summed E-state index contributed by atoms with van der Waals surface area (Å²) in [5.74, 6) is 0. The third-order valence-electron chi connectivity index (χ3n) is 4.40. The van der Waals surface area contributed by atoms with Gasteiger partial charge in [-0.05, 0) is 56.2 Å². The monoisotopic (exact) mass is 375 g/mol. The Morgan fingerprint density at radius 1 is 0.778 bits per heavy atom. The van der Waals surface area contributed by atoms with Crippen LogP contribution in [0.15, 0.2) is 84.9 Å². The fraction of sp³-hybridized carbons (Fsp3) is 0.250. The molecule has 0 radical (unpaired) electrons. The van der Waals surface area contributed by atoms with Gasteiger partial charge in [-0.25, -0.2) is 0 Å². The molecule has 1 atom stereocenters. The van der Waals surface area contributed by atoms with E-state index in [1.807, 2.05) is 6.07 Å².